The van der Waals surface area contributed by atoms with Crippen LogP contribution in [0.3, 0.4) is 0 Å². The Morgan fingerprint density at radius 1 is 1.09 bits per heavy atom. The first kappa shape index (κ1) is 14.4. The van der Waals surface area contributed by atoms with Gasteiger partial charge in [0.2, 0.25) is 0 Å². The fourth-order valence-electron chi connectivity index (χ4n) is 3.82. The number of anilines is 1. The van der Waals surface area contributed by atoms with Gasteiger partial charge in [0, 0.05) is 18.0 Å². The Morgan fingerprint density at radius 3 is 2.59 bits per heavy atom. The number of rotatable bonds is 1. The summed E-state index contributed by atoms with van der Waals surface area (Å²) in [7, 11) is 0. The highest BCUT2D eigenvalue weighted by molar-refractivity contribution is 7.19. The lowest BCUT2D eigenvalue weighted by atomic mass is 9.96. The molecule has 1 aliphatic heterocycles. The Hall–Kier alpha value is -1.20. The van der Waals surface area contributed by atoms with Crippen molar-refractivity contribution in [2.75, 3.05) is 18.0 Å². The summed E-state index contributed by atoms with van der Waals surface area (Å²) in [5.41, 5.74) is 1.52. The van der Waals surface area contributed by atoms with Crippen molar-refractivity contribution in [1.29, 1.82) is 0 Å². The maximum atomic E-state index is 5.89. The van der Waals surface area contributed by atoms with E-state index in [0.717, 1.165) is 24.7 Å². The molecule has 4 nitrogen and oxygen atoms in total. The van der Waals surface area contributed by atoms with Gasteiger partial charge in [-0.2, -0.15) is 0 Å². The molecule has 118 valence electrons. The minimum atomic E-state index is 0.253. The molecule has 0 N–H and O–H groups in total. The zero-order valence-corrected chi connectivity index (χ0v) is 14.4. The number of fused-ring (bicyclic) bond motifs is 3. The zero-order chi connectivity index (χ0) is 15.3. The van der Waals surface area contributed by atoms with E-state index in [1.54, 1.807) is 0 Å². The van der Waals surface area contributed by atoms with Crippen LogP contribution in [-0.4, -0.2) is 35.3 Å². The summed E-state index contributed by atoms with van der Waals surface area (Å²) in [6, 6.07) is 0. The lowest BCUT2D eigenvalue weighted by Crippen LogP contribution is -2.46. The lowest BCUT2D eigenvalue weighted by Gasteiger charge is -2.36. The van der Waals surface area contributed by atoms with Crippen LogP contribution in [0.15, 0.2) is 0 Å². The second-order valence-electron chi connectivity index (χ2n) is 6.65. The van der Waals surface area contributed by atoms with Crippen molar-refractivity contribution >= 4 is 27.4 Å². The molecule has 4 rings (SSSR count). The van der Waals surface area contributed by atoms with Crippen LogP contribution in [0.5, 0.6) is 0 Å². The van der Waals surface area contributed by atoms with Crippen LogP contribution in [-0.2, 0) is 17.6 Å². The topological polar surface area (TPSA) is 38.2 Å². The molecule has 1 aliphatic carbocycles. The molecule has 2 aromatic heterocycles. The van der Waals surface area contributed by atoms with E-state index in [2.05, 4.69) is 18.7 Å². The summed E-state index contributed by atoms with van der Waals surface area (Å²) in [4.78, 5) is 14.7. The van der Waals surface area contributed by atoms with Gasteiger partial charge in [-0.3, -0.25) is 0 Å². The number of aromatic nitrogens is 2. The predicted octanol–water partition coefficient (Wildman–Crippen LogP) is 3.49. The SMILES string of the molecule is Cc1nc(N2C[C@@H](C)O[C@H](C)C2)c2c3c(sc2n1)CCCC3. The van der Waals surface area contributed by atoms with Crippen LogP contribution in [0, 0.1) is 6.92 Å². The number of morpholine rings is 1. The Bertz CT molecular complexity index is 701. The molecule has 2 aromatic rings. The first-order chi connectivity index (χ1) is 10.6. The van der Waals surface area contributed by atoms with Crippen LogP contribution in [0.1, 0.15) is 43.0 Å². The highest BCUT2D eigenvalue weighted by Gasteiger charge is 2.28. The van der Waals surface area contributed by atoms with Gasteiger partial charge in [-0.1, -0.05) is 0 Å². The van der Waals surface area contributed by atoms with Gasteiger partial charge in [-0.25, -0.2) is 9.97 Å². The Balaban J connectivity index is 1.87. The number of hydrogen-bond donors (Lipinski definition) is 0. The molecule has 1 fully saturated rings. The fourth-order valence-corrected chi connectivity index (χ4v) is 5.12. The van der Waals surface area contributed by atoms with Crippen LogP contribution < -0.4 is 4.90 Å². The Morgan fingerprint density at radius 2 is 1.82 bits per heavy atom. The predicted molar refractivity (Wildman–Crippen MR) is 91.0 cm³/mol. The van der Waals surface area contributed by atoms with Gasteiger partial charge < -0.3 is 9.64 Å². The lowest BCUT2D eigenvalue weighted by molar-refractivity contribution is -0.00538. The van der Waals surface area contributed by atoms with Crippen molar-refractivity contribution in [3.8, 4) is 0 Å². The van der Waals surface area contributed by atoms with Crippen molar-refractivity contribution in [3.63, 3.8) is 0 Å². The number of hydrogen-bond acceptors (Lipinski definition) is 5. The van der Waals surface area contributed by atoms with E-state index in [1.165, 1.54) is 46.3 Å². The maximum absolute atomic E-state index is 5.89. The van der Waals surface area contributed by atoms with E-state index in [-0.39, 0.29) is 12.2 Å². The normalized spacial score (nSPS) is 25.5. The minimum Gasteiger partial charge on any atom is -0.372 e. The molecule has 0 amide bonds. The average molecular weight is 317 g/mol. The standard InChI is InChI=1S/C17H23N3OS/c1-10-8-20(9-11(2)21-10)16-15-13-6-4-5-7-14(13)22-17(15)19-12(3)18-16/h10-11H,4-9H2,1-3H3/t10-,11-/m1/s1. The summed E-state index contributed by atoms with van der Waals surface area (Å²) in [6.07, 6.45) is 5.51. The maximum Gasteiger partial charge on any atom is 0.141 e. The van der Waals surface area contributed by atoms with Gasteiger partial charge in [-0.05, 0) is 52.0 Å². The molecule has 0 aromatic carbocycles. The number of ether oxygens (including phenoxy) is 1. The van der Waals surface area contributed by atoms with Crippen LogP contribution >= 0.6 is 11.3 Å². The number of aryl methyl sites for hydroxylation is 3. The van der Waals surface area contributed by atoms with Gasteiger partial charge in [0.1, 0.15) is 16.5 Å². The van der Waals surface area contributed by atoms with E-state index >= 15 is 0 Å². The molecule has 0 bridgehead atoms. The van der Waals surface area contributed by atoms with Gasteiger partial charge in [0.05, 0.1) is 17.6 Å². The Labute approximate surface area is 135 Å². The van der Waals surface area contributed by atoms with Crippen LogP contribution in [0.4, 0.5) is 5.82 Å². The van der Waals surface area contributed by atoms with E-state index < -0.39 is 0 Å². The second kappa shape index (κ2) is 5.46. The number of thiophene rings is 1. The van der Waals surface area contributed by atoms with E-state index in [1.807, 2.05) is 18.3 Å². The first-order valence-electron chi connectivity index (χ1n) is 8.31. The molecular formula is C17H23N3OS. The Kier molecular flexibility index (Phi) is 3.57. The van der Waals surface area contributed by atoms with E-state index in [0.29, 0.717) is 0 Å². The highest BCUT2D eigenvalue weighted by Crippen LogP contribution is 2.40. The van der Waals surface area contributed by atoms with Crippen molar-refractivity contribution < 1.29 is 4.74 Å². The second-order valence-corrected chi connectivity index (χ2v) is 7.73. The summed E-state index contributed by atoms with van der Waals surface area (Å²) >= 11 is 1.88. The third-order valence-corrected chi connectivity index (χ3v) is 5.81. The van der Waals surface area contributed by atoms with E-state index in [4.69, 9.17) is 14.7 Å². The molecule has 5 heteroatoms. The molecule has 0 radical (unpaired) electrons. The fraction of sp³-hybridized carbons (Fsp3) is 0.647. The highest BCUT2D eigenvalue weighted by atomic mass is 32.1. The van der Waals surface area contributed by atoms with Gasteiger partial charge in [0.25, 0.3) is 0 Å². The summed E-state index contributed by atoms with van der Waals surface area (Å²) in [5, 5.41) is 1.33. The molecular weight excluding hydrogens is 294 g/mol. The summed E-state index contributed by atoms with van der Waals surface area (Å²) in [5.74, 6) is 2.02. The van der Waals surface area contributed by atoms with Gasteiger partial charge in [0.15, 0.2) is 0 Å². The van der Waals surface area contributed by atoms with Crippen LogP contribution in [0.25, 0.3) is 10.2 Å². The molecule has 22 heavy (non-hydrogen) atoms. The van der Waals surface area contributed by atoms with Gasteiger partial charge in [-0.15, -0.1) is 11.3 Å². The van der Waals surface area contributed by atoms with Crippen molar-refractivity contribution in [3.05, 3.63) is 16.3 Å². The van der Waals surface area contributed by atoms with E-state index in [9.17, 15) is 0 Å². The molecule has 2 aliphatic rings. The molecule has 0 saturated carbocycles. The number of nitrogens with zero attached hydrogens (tertiary/aromatic N) is 3. The van der Waals surface area contributed by atoms with Crippen molar-refractivity contribution in [1.82, 2.24) is 9.97 Å². The van der Waals surface area contributed by atoms with Crippen molar-refractivity contribution in [2.45, 2.75) is 58.7 Å². The van der Waals surface area contributed by atoms with Crippen LogP contribution in [0.2, 0.25) is 0 Å². The molecule has 1 saturated heterocycles. The molecule has 0 spiro atoms. The largest absolute Gasteiger partial charge is 0.372 e. The average Bonchev–Trinajstić information content (AvgIpc) is 2.83. The van der Waals surface area contributed by atoms with Crippen molar-refractivity contribution in [2.24, 2.45) is 0 Å². The smallest absolute Gasteiger partial charge is 0.141 e. The third kappa shape index (κ3) is 2.40. The molecule has 0 unspecified atom stereocenters. The van der Waals surface area contributed by atoms with Gasteiger partial charge >= 0.3 is 0 Å². The molecule has 2 atom stereocenters. The zero-order valence-electron chi connectivity index (χ0n) is 13.6. The summed E-state index contributed by atoms with van der Waals surface area (Å²) in [6.45, 7) is 8.14. The minimum absolute atomic E-state index is 0.253. The quantitative estimate of drug-likeness (QED) is 0.807. The summed E-state index contributed by atoms with van der Waals surface area (Å²) < 4.78 is 5.89. The first-order valence-corrected chi connectivity index (χ1v) is 9.12. The third-order valence-electron chi connectivity index (χ3n) is 4.63. The molecule has 3 heterocycles. The monoisotopic (exact) mass is 317 g/mol.